The molecule has 0 spiro atoms. The van der Waals surface area contributed by atoms with Crippen LogP contribution in [0.3, 0.4) is 0 Å². The van der Waals surface area contributed by atoms with Gasteiger partial charge < -0.3 is 4.98 Å². The number of aromatic nitrogens is 2. The first-order valence-corrected chi connectivity index (χ1v) is 4.87. The smallest absolute Gasteiger partial charge is 0.250 e. The number of hydrogen-bond acceptors (Lipinski definition) is 2. The van der Waals surface area contributed by atoms with E-state index in [1.165, 1.54) is 12.4 Å². The molecule has 0 unspecified atom stereocenters. The summed E-state index contributed by atoms with van der Waals surface area (Å²) >= 11 is 0. The number of nitrogens with one attached hydrogen (secondary N) is 1. The molecular formula is C12H12N2O. The molecule has 2 rings (SSSR count). The maximum absolute atomic E-state index is 11.1. The van der Waals surface area contributed by atoms with Gasteiger partial charge in [0.05, 0.1) is 12.0 Å². The van der Waals surface area contributed by atoms with Crippen LogP contribution in [0.2, 0.25) is 0 Å². The van der Waals surface area contributed by atoms with Crippen LogP contribution < -0.4 is 5.56 Å². The van der Waals surface area contributed by atoms with E-state index in [0.717, 1.165) is 11.3 Å². The molecule has 3 nitrogen and oxygen atoms in total. The Morgan fingerprint density at radius 3 is 2.67 bits per heavy atom. The van der Waals surface area contributed by atoms with Crippen molar-refractivity contribution in [3.8, 4) is 0 Å². The summed E-state index contributed by atoms with van der Waals surface area (Å²) in [5.41, 5.74) is 1.85. The number of H-pyrrole nitrogens is 1. The number of aromatic amines is 1. The SMILES string of the molecule is C[C@@H](c1ccccc1)c1cc(=O)[nH]cn1. The highest BCUT2D eigenvalue weighted by Gasteiger charge is 2.09. The van der Waals surface area contributed by atoms with E-state index in [2.05, 4.69) is 9.97 Å². The summed E-state index contributed by atoms with van der Waals surface area (Å²) in [6.45, 7) is 2.04. The van der Waals surface area contributed by atoms with Gasteiger partial charge in [-0.15, -0.1) is 0 Å². The largest absolute Gasteiger partial charge is 0.313 e. The van der Waals surface area contributed by atoms with Gasteiger partial charge in [0, 0.05) is 12.0 Å². The molecule has 0 aliphatic rings. The predicted octanol–water partition coefficient (Wildman–Crippen LogP) is 1.92. The van der Waals surface area contributed by atoms with Gasteiger partial charge in [0.1, 0.15) is 0 Å². The van der Waals surface area contributed by atoms with E-state index < -0.39 is 0 Å². The van der Waals surface area contributed by atoms with Crippen molar-refractivity contribution < 1.29 is 0 Å². The molecule has 2 aromatic rings. The Labute approximate surface area is 87.8 Å². The van der Waals surface area contributed by atoms with Gasteiger partial charge in [-0.2, -0.15) is 0 Å². The number of nitrogens with zero attached hydrogens (tertiary/aromatic N) is 1. The van der Waals surface area contributed by atoms with Crippen LogP contribution in [-0.2, 0) is 0 Å². The van der Waals surface area contributed by atoms with Crippen LogP contribution in [0.1, 0.15) is 24.1 Å². The number of benzene rings is 1. The lowest BCUT2D eigenvalue weighted by molar-refractivity contribution is 0.853. The summed E-state index contributed by atoms with van der Waals surface area (Å²) in [6.07, 6.45) is 1.44. The zero-order valence-electron chi connectivity index (χ0n) is 8.47. The summed E-state index contributed by atoms with van der Waals surface area (Å²) < 4.78 is 0. The maximum atomic E-state index is 11.1. The van der Waals surface area contributed by atoms with Crippen molar-refractivity contribution >= 4 is 0 Å². The van der Waals surface area contributed by atoms with Crippen LogP contribution >= 0.6 is 0 Å². The van der Waals surface area contributed by atoms with Crippen molar-refractivity contribution in [3.63, 3.8) is 0 Å². The Bertz CT molecular complexity index is 490. The lowest BCUT2D eigenvalue weighted by atomic mass is 9.98. The first-order chi connectivity index (χ1) is 7.27. The fraction of sp³-hybridized carbons (Fsp3) is 0.167. The Morgan fingerprint density at radius 2 is 2.00 bits per heavy atom. The summed E-state index contributed by atoms with van der Waals surface area (Å²) in [6, 6.07) is 11.6. The van der Waals surface area contributed by atoms with Crippen molar-refractivity contribution in [2.45, 2.75) is 12.8 Å². The lowest BCUT2D eigenvalue weighted by Crippen LogP contribution is -2.09. The molecule has 1 aromatic carbocycles. The van der Waals surface area contributed by atoms with Crippen molar-refractivity contribution in [2.75, 3.05) is 0 Å². The van der Waals surface area contributed by atoms with E-state index in [0.29, 0.717) is 0 Å². The summed E-state index contributed by atoms with van der Waals surface area (Å²) in [5, 5.41) is 0. The highest BCUT2D eigenvalue weighted by molar-refractivity contribution is 5.26. The first-order valence-electron chi connectivity index (χ1n) is 4.87. The van der Waals surface area contributed by atoms with Crippen LogP contribution in [0.15, 0.2) is 47.5 Å². The summed E-state index contributed by atoms with van der Waals surface area (Å²) in [4.78, 5) is 17.8. The van der Waals surface area contributed by atoms with Crippen LogP contribution in [0, 0.1) is 0 Å². The highest BCUT2D eigenvalue weighted by Crippen LogP contribution is 2.20. The highest BCUT2D eigenvalue weighted by atomic mass is 16.1. The predicted molar refractivity (Wildman–Crippen MR) is 58.8 cm³/mol. The van der Waals surface area contributed by atoms with Gasteiger partial charge in [-0.25, -0.2) is 4.98 Å². The molecule has 0 saturated carbocycles. The molecule has 1 heterocycles. The van der Waals surface area contributed by atoms with Crippen LogP contribution in [-0.4, -0.2) is 9.97 Å². The molecule has 0 saturated heterocycles. The molecule has 76 valence electrons. The molecule has 0 aliphatic carbocycles. The third kappa shape index (κ3) is 2.13. The van der Waals surface area contributed by atoms with E-state index in [4.69, 9.17) is 0 Å². The first kappa shape index (κ1) is 9.65. The van der Waals surface area contributed by atoms with Gasteiger partial charge in [-0.3, -0.25) is 4.79 Å². The lowest BCUT2D eigenvalue weighted by Gasteiger charge is -2.09. The molecule has 0 aliphatic heterocycles. The van der Waals surface area contributed by atoms with Gasteiger partial charge in [-0.05, 0) is 5.56 Å². The molecule has 3 heteroatoms. The van der Waals surface area contributed by atoms with Crippen molar-refractivity contribution in [1.29, 1.82) is 0 Å². The van der Waals surface area contributed by atoms with Crippen molar-refractivity contribution in [1.82, 2.24) is 9.97 Å². The average Bonchev–Trinajstić information content (AvgIpc) is 2.29. The van der Waals surface area contributed by atoms with Gasteiger partial charge in [0.25, 0.3) is 5.56 Å². The zero-order chi connectivity index (χ0) is 10.7. The summed E-state index contributed by atoms with van der Waals surface area (Å²) in [5.74, 6) is 0.147. The van der Waals surface area contributed by atoms with E-state index in [1.807, 2.05) is 37.3 Å². The standard InChI is InChI=1S/C12H12N2O/c1-9(10-5-3-2-4-6-10)11-7-12(15)14-8-13-11/h2-9H,1H3,(H,13,14,15)/t9-/m0/s1. The average molecular weight is 200 g/mol. The van der Waals surface area contributed by atoms with Gasteiger partial charge >= 0.3 is 0 Å². The minimum atomic E-state index is -0.109. The molecule has 0 amide bonds. The Kier molecular flexibility index (Phi) is 2.63. The molecule has 1 N–H and O–H groups in total. The fourth-order valence-electron chi connectivity index (χ4n) is 1.53. The third-order valence-electron chi connectivity index (χ3n) is 2.44. The Balaban J connectivity index is 2.37. The zero-order valence-corrected chi connectivity index (χ0v) is 8.47. The topological polar surface area (TPSA) is 45.8 Å². The van der Waals surface area contributed by atoms with Crippen LogP contribution in [0.4, 0.5) is 0 Å². The Morgan fingerprint density at radius 1 is 1.27 bits per heavy atom. The third-order valence-corrected chi connectivity index (χ3v) is 2.44. The molecule has 15 heavy (non-hydrogen) atoms. The fourth-order valence-corrected chi connectivity index (χ4v) is 1.53. The van der Waals surface area contributed by atoms with E-state index in [9.17, 15) is 4.79 Å². The van der Waals surface area contributed by atoms with E-state index >= 15 is 0 Å². The van der Waals surface area contributed by atoms with Crippen molar-refractivity contribution in [3.05, 3.63) is 64.3 Å². The Hall–Kier alpha value is -1.90. The maximum Gasteiger partial charge on any atom is 0.250 e. The second-order valence-corrected chi connectivity index (χ2v) is 3.47. The minimum Gasteiger partial charge on any atom is -0.313 e. The van der Waals surface area contributed by atoms with Crippen LogP contribution in [0.25, 0.3) is 0 Å². The monoisotopic (exact) mass is 200 g/mol. The molecule has 0 radical (unpaired) electrons. The second kappa shape index (κ2) is 4.09. The summed E-state index contributed by atoms with van der Waals surface area (Å²) in [7, 11) is 0. The molecule has 0 bridgehead atoms. The molecule has 0 fully saturated rings. The van der Waals surface area contributed by atoms with Crippen molar-refractivity contribution in [2.24, 2.45) is 0 Å². The number of rotatable bonds is 2. The minimum absolute atomic E-state index is 0.109. The van der Waals surface area contributed by atoms with E-state index in [1.54, 1.807) is 0 Å². The van der Waals surface area contributed by atoms with E-state index in [-0.39, 0.29) is 11.5 Å². The second-order valence-electron chi connectivity index (χ2n) is 3.47. The van der Waals surface area contributed by atoms with Gasteiger partial charge in [0.2, 0.25) is 0 Å². The van der Waals surface area contributed by atoms with Gasteiger partial charge in [0.15, 0.2) is 0 Å². The van der Waals surface area contributed by atoms with Gasteiger partial charge in [-0.1, -0.05) is 37.3 Å². The molecule has 1 aromatic heterocycles. The normalized spacial score (nSPS) is 12.3. The van der Waals surface area contributed by atoms with Crippen LogP contribution in [0.5, 0.6) is 0 Å². The number of hydrogen-bond donors (Lipinski definition) is 1. The molecular weight excluding hydrogens is 188 g/mol. The quantitative estimate of drug-likeness (QED) is 0.805. The molecule has 1 atom stereocenters.